The topological polar surface area (TPSA) is 88.0 Å². The van der Waals surface area contributed by atoms with E-state index in [1.165, 1.54) is 13.1 Å². The summed E-state index contributed by atoms with van der Waals surface area (Å²) >= 11 is 5.98. The van der Waals surface area contributed by atoms with Crippen molar-refractivity contribution in [2.24, 2.45) is 5.92 Å². The van der Waals surface area contributed by atoms with Crippen LogP contribution in [0.4, 0.5) is 10.5 Å². The molecule has 0 aliphatic rings. The molecule has 0 aliphatic heterocycles. The number of carbonyl (C=O) groups is 2. The number of benzene rings is 1. The van der Waals surface area contributed by atoms with Gasteiger partial charge in [-0.25, -0.2) is 4.79 Å². The monoisotopic (exact) mass is 349 g/mol. The lowest BCUT2D eigenvalue weighted by atomic mass is 10.2. The molecule has 0 fully saturated rings. The van der Waals surface area contributed by atoms with Crippen LogP contribution in [0.15, 0.2) is 36.7 Å². The molecular weight excluding hydrogens is 330 g/mol. The van der Waals surface area contributed by atoms with Crippen molar-refractivity contribution in [2.75, 3.05) is 18.9 Å². The Balaban J connectivity index is 1.87. The first-order valence-corrected chi connectivity index (χ1v) is 7.91. The third-order valence-corrected chi connectivity index (χ3v) is 3.69. The highest BCUT2D eigenvalue weighted by molar-refractivity contribution is 6.34. The fourth-order valence-electron chi connectivity index (χ4n) is 2.15. The van der Waals surface area contributed by atoms with Crippen LogP contribution in [0.1, 0.15) is 17.3 Å². The van der Waals surface area contributed by atoms with Crippen LogP contribution in [0.25, 0.3) is 0 Å². The molecule has 8 heteroatoms. The number of rotatable bonds is 6. The molecule has 0 bridgehead atoms. The largest absolute Gasteiger partial charge is 0.355 e. The van der Waals surface area contributed by atoms with Gasteiger partial charge in [0.05, 0.1) is 10.6 Å². The standard InChI is InChI=1S/C16H20ClN5O2/c1-11(10-22-7-3-6-20-22)9-19-16(24)21-12-4-5-14(17)13(8-12)15(23)18-2/h3-8,11H,9-10H2,1-2H3,(H,18,23)(H2,19,21,24). The number of nitrogens with zero attached hydrogens (tertiary/aromatic N) is 2. The molecule has 0 saturated carbocycles. The van der Waals surface area contributed by atoms with E-state index in [1.54, 1.807) is 18.3 Å². The number of halogens is 1. The van der Waals surface area contributed by atoms with E-state index in [-0.39, 0.29) is 17.9 Å². The van der Waals surface area contributed by atoms with E-state index in [0.29, 0.717) is 22.8 Å². The average molecular weight is 350 g/mol. The van der Waals surface area contributed by atoms with Crippen molar-refractivity contribution in [3.05, 3.63) is 47.2 Å². The van der Waals surface area contributed by atoms with Gasteiger partial charge >= 0.3 is 6.03 Å². The highest BCUT2D eigenvalue weighted by atomic mass is 35.5. The van der Waals surface area contributed by atoms with Gasteiger partial charge in [-0.2, -0.15) is 5.10 Å². The average Bonchev–Trinajstić information content (AvgIpc) is 3.07. The van der Waals surface area contributed by atoms with Gasteiger partial charge in [-0.05, 0) is 30.2 Å². The Hall–Kier alpha value is -2.54. The van der Waals surface area contributed by atoms with Gasteiger partial charge in [-0.15, -0.1) is 0 Å². The van der Waals surface area contributed by atoms with E-state index in [0.717, 1.165) is 6.54 Å². The molecule has 1 atom stereocenters. The normalized spacial score (nSPS) is 11.6. The van der Waals surface area contributed by atoms with Crippen molar-refractivity contribution in [1.29, 1.82) is 0 Å². The number of nitrogens with one attached hydrogen (secondary N) is 3. The summed E-state index contributed by atoms with van der Waals surface area (Å²) in [4.78, 5) is 23.7. The van der Waals surface area contributed by atoms with E-state index in [9.17, 15) is 9.59 Å². The lowest BCUT2D eigenvalue weighted by molar-refractivity contribution is 0.0963. The molecule has 0 spiro atoms. The predicted octanol–water partition coefficient (Wildman–Crippen LogP) is 2.35. The Morgan fingerprint density at radius 3 is 2.83 bits per heavy atom. The molecule has 7 nitrogen and oxygen atoms in total. The Morgan fingerprint density at radius 1 is 1.38 bits per heavy atom. The molecular formula is C16H20ClN5O2. The van der Waals surface area contributed by atoms with Crippen molar-refractivity contribution < 1.29 is 9.59 Å². The van der Waals surface area contributed by atoms with E-state index in [1.807, 2.05) is 23.9 Å². The van der Waals surface area contributed by atoms with Crippen LogP contribution in [0.2, 0.25) is 5.02 Å². The Morgan fingerprint density at radius 2 is 2.17 bits per heavy atom. The van der Waals surface area contributed by atoms with Crippen LogP contribution in [-0.4, -0.2) is 35.3 Å². The minimum atomic E-state index is -0.340. The molecule has 2 aromatic rings. The maximum absolute atomic E-state index is 12.0. The first-order valence-electron chi connectivity index (χ1n) is 7.53. The second kappa shape index (κ2) is 8.35. The van der Waals surface area contributed by atoms with E-state index >= 15 is 0 Å². The van der Waals surface area contributed by atoms with Gasteiger partial charge in [0.1, 0.15) is 0 Å². The van der Waals surface area contributed by atoms with Crippen molar-refractivity contribution in [1.82, 2.24) is 20.4 Å². The first kappa shape index (κ1) is 17.8. The highest BCUT2D eigenvalue weighted by Crippen LogP contribution is 2.20. The zero-order chi connectivity index (χ0) is 17.5. The fraction of sp³-hybridized carbons (Fsp3) is 0.312. The Kier molecular flexibility index (Phi) is 6.20. The molecule has 128 valence electrons. The van der Waals surface area contributed by atoms with E-state index in [2.05, 4.69) is 21.0 Å². The number of carbonyl (C=O) groups excluding carboxylic acids is 2. The van der Waals surface area contributed by atoms with Crippen LogP contribution in [-0.2, 0) is 6.54 Å². The molecule has 24 heavy (non-hydrogen) atoms. The van der Waals surface area contributed by atoms with Crippen molar-refractivity contribution >= 4 is 29.2 Å². The minimum absolute atomic E-state index is 0.224. The summed E-state index contributed by atoms with van der Waals surface area (Å²) in [6, 6.07) is 6.27. The summed E-state index contributed by atoms with van der Waals surface area (Å²) in [7, 11) is 1.52. The molecule has 0 saturated heterocycles. The predicted molar refractivity (Wildman–Crippen MR) is 93.3 cm³/mol. The van der Waals surface area contributed by atoms with Crippen LogP contribution >= 0.6 is 11.6 Å². The summed E-state index contributed by atoms with van der Waals surface area (Å²) in [6.45, 7) is 3.24. The van der Waals surface area contributed by atoms with Crippen LogP contribution < -0.4 is 16.0 Å². The lowest BCUT2D eigenvalue weighted by Gasteiger charge is -2.14. The molecule has 3 amide bonds. The summed E-state index contributed by atoms with van der Waals surface area (Å²) < 4.78 is 1.82. The van der Waals surface area contributed by atoms with Crippen LogP contribution in [0.3, 0.4) is 0 Å². The number of hydrogen-bond acceptors (Lipinski definition) is 3. The van der Waals surface area contributed by atoms with Crippen LogP contribution in [0, 0.1) is 5.92 Å². The Labute approximate surface area is 145 Å². The van der Waals surface area contributed by atoms with Gasteiger partial charge in [0.25, 0.3) is 5.91 Å². The fourth-order valence-corrected chi connectivity index (χ4v) is 2.35. The van der Waals surface area contributed by atoms with Gasteiger partial charge in [-0.3, -0.25) is 9.48 Å². The molecule has 1 aromatic carbocycles. The third kappa shape index (κ3) is 4.99. The highest BCUT2D eigenvalue weighted by Gasteiger charge is 2.11. The summed E-state index contributed by atoms with van der Waals surface area (Å²) in [5, 5.41) is 12.4. The molecule has 1 heterocycles. The molecule has 0 radical (unpaired) electrons. The number of aromatic nitrogens is 2. The summed E-state index contributed by atoms with van der Waals surface area (Å²) in [5.41, 5.74) is 0.805. The quantitative estimate of drug-likeness (QED) is 0.748. The van der Waals surface area contributed by atoms with E-state index < -0.39 is 0 Å². The molecule has 1 unspecified atom stereocenters. The molecule has 0 aliphatic carbocycles. The van der Waals surface area contributed by atoms with E-state index in [4.69, 9.17) is 11.6 Å². The summed E-state index contributed by atoms with van der Waals surface area (Å²) in [5.74, 6) is -0.0841. The van der Waals surface area contributed by atoms with Crippen molar-refractivity contribution in [3.63, 3.8) is 0 Å². The van der Waals surface area contributed by atoms with Gasteiger partial charge in [0.2, 0.25) is 0 Å². The third-order valence-electron chi connectivity index (χ3n) is 3.36. The van der Waals surface area contributed by atoms with Gasteiger partial charge in [0, 0.05) is 38.2 Å². The second-order valence-corrected chi connectivity index (χ2v) is 5.85. The SMILES string of the molecule is CNC(=O)c1cc(NC(=O)NCC(C)Cn2cccn2)ccc1Cl. The maximum Gasteiger partial charge on any atom is 0.319 e. The lowest BCUT2D eigenvalue weighted by Crippen LogP contribution is -2.33. The zero-order valence-electron chi connectivity index (χ0n) is 13.5. The number of hydrogen-bond donors (Lipinski definition) is 3. The zero-order valence-corrected chi connectivity index (χ0v) is 14.3. The smallest absolute Gasteiger partial charge is 0.319 e. The van der Waals surface area contributed by atoms with Gasteiger partial charge in [0.15, 0.2) is 0 Å². The minimum Gasteiger partial charge on any atom is -0.355 e. The van der Waals surface area contributed by atoms with Crippen molar-refractivity contribution in [2.45, 2.75) is 13.5 Å². The van der Waals surface area contributed by atoms with Crippen molar-refractivity contribution in [3.8, 4) is 0 Å². The maximum atomic E-state index is 12.0. The number of urea groups is 1. The number of anilines is 1. The second-order valence-electron chi connectivity index (χ2n) is 5.44. The Bertz CT molecular complexity index is 702. The van der Waals surface area contributed by atoms with Crippen LogP contribution in [0.5, 0.6) is 0 Å². The van der Waals surface area contributed by atoms with Gasteiger partial charge in [-0.1, -0.05) is 18.5 Å². The molecule has 2 rings (SSSR count). The molecule has 1 aromatic heterocycles. The number of amides is 3. The summed E-state index contributed by atoms with van der Waals surface area (Å²) in [6.07, 6.45) is 3.60. The molecule has 3 N–H and O–H groups in total. The first-order chi connectivity index (χ1) is 11.5. The van der Waals surface area contributed by atoms with Gasteiger partial charge < -0.3 is 16.0 Å².